The topological polar surface area (TPSA) is 120 Å². The molecule has 3 rings (SSSR count). The van der Waals surface area contributed by atoms with Gasteiger partial charge in [0, 0.05) is 37.7 Å². The Morgan fingerprint density at radius 3 is 1.87 bits per heavy atom. The molecule has 3 amide bonds. The molecular weight excluding hydrogens is 661 g/mol. The number of nitrogens with zero attached hydrogens (tertiary/aromatic N) is 1. The second-order valence-electron chi connectivity index (χ2n) is 14.4. The molecule has 0 radical (unpaired) electrons. The van der Waals surface area contributed by atoms with Crippen molar-refractivity contribution >= 4 is 34.7 Å². The molecular formula is C45H66N4O4. The maximum atomic E-state index is 14.0. The van der Waals surface area contributed by atoms with E-state index in [0.29, 0.717) is 25.1 Å². The second kappa shape index (κ2) is 26.5. The first kappa shape index (κ1) is 43.2. The minimum Gasteiger partial charge on any atom is -0.507 e. The van der Waals surface area contributed by atoms with E-state index in [-0.39, 0.29) is 30.4 Å². The summed E-state index contributed by atoms with van der Waals surface area (Å²) in [5, 5.41) is 21.5. The first-order valence-corrected chi connectivity index (χ1v) is 20.6. The number of carbonyl (C=O) groups excluding carboxylic acids is 3. The van der Waals surface area contributed by atoms with Gasteiger partial charge in [0.15, 0.2) is 0 Å². The molecule has 0 heterocycles. The van der Waals surface area contributed by atoms with Crippen molar-refractivity contribution < 1.29 is 19.5 Å². The SMILES string of the molecule is CCCCCCCCCCNC(=O)CC[C@H](NC(=O)[C@H](Cc1ccccc1)N=Cc1c(O)ccc2ccccc12)C(=O)NCCCCCCCCCC. The summed E-state index contributed by atoms with van der Waals surface area (Å²) in [6.45, 7) is 5.58. The molecule has 0 aromatic heterocycles. The highest BCUT2D eigenvalue weighted by molar-refractivity contribution is 6.03. The van der Waals surface area contributed by atoms with E-state index in [2.05, 4.69) is 29.8 Å². The number of unbranched alkanes of at least 4 members (excludes halogenated alkanes) is 14. The second-order valence-corrected chi connectivity index (χ2v) is 14.4. The number of aromatic hydroxyl groups is 1. The largest absolute Gasteiger partial charge is 0.507 e. The number of fused-ring (bicyclic) bond motifs is 1. The molecule has 0 fully saturated rings. The molecule has 290 valence electrons. The van der Waals surface area contributed by atoms with Crippen molar-refractivity contribution in [1.82, 2.24) is 16.0 Å². The van der Waals surface area contributed by atoms with Crippen molar-refractivity contribution in [1.29, 1.82) is 0 Å². The molecule has 0 saturated heterocycles. The quantitative estimate of drug-likeness (QED) is 0.0440. The summed E-state index contributed by atoms with van der Waals surface area (Å²) >= 11 is 0. The summed E-state index contributed by atoms with van der Waals surface area (Å²) in [4.78, 5) is 45.1. The van der Waals surface area contributed by atoms with Crippen molar-refractivity contribution in [2.24, 2.45) is 4.99 Å². The fraction of sp³-hybridized carbons (Fsp3) is 0.556. The minimum atomic E-state index is -0.884. The van der Waals surface area contributed by atoms with E-state index in [1.165, 1.54) is 70.6 Å². The third kappa shape index (κ3) is 17.5. The van der Waals surface area contributed by atoms with Gasteiger partial charge in [-0.15, -0.1) is 0 Å². The van der Waals surface area contributed by atoms with Crippen LogP contribution in [-0.4, -0.2) is 54.2 Å². The zero-order valence-electron chi connectivity index (χ0n) is 32.6. The van der Waals surface area contributed by atoms with Crippen LogP contribution in [0.4, 0.5) is 0 Å². The molecule has 4 N–H and O–H groups in total. The van der Waals surface area contributed by atoms with Crippen LogP contribution in [0.25, 0.3) is 10.8 Å². The predicted molar refractivity (Wildman–Crippen MR) is 220 cm³/mol. The monoisotopic (exact) mass is 727 g/mol. The van der Waals surface area contributed by atoms with Gasteiger partial charge in [-0.3, -0.25) is 19.4 Å². The van der Waals surface area contributed by atoms with Crippen LogP contribution in [0, 0.1) is 0 Å². The number of aliphatic imine (C=N–C) groups is 1. The van der Waals surface area contributed by atoms with Gasteiger partial charge in [-0.05, 0) is 41.7 Å². The Morgan fingerprint density at radius 2 is 1.23 bits per heavy atom. The van der Waals surface area contributed by atoms with Crippen LogP contribution in [0.2, 0.25) is 0 Å². The van der Waals surface area contributed by atoms with Gasteiger partial charge in [0.05, 0.1) is 0 Å². The number of hydrogen-bond acceptors (Lipinski definition) is 5. The first-order chi connectivity index (χ1) is 25.9. The van der Waals surface area contributed by atoms with Crippen LogP contribution in [0.5, 0.6) is 5.75 Å². The van der Waals surface area contributed by atoms with Crippen LogP contribution in [0.15, 0.2) is 71.7 Å². The standard InChI is InChI=1S/C45H66N4O4/c1-3-5-7-9-11-13-15-22-32-46-43(51)31-29-40(44(52)47-33-23-16-14-12-10-8-6-4-2)49-45(53)41(34-36-24-18-17-19-25-36)48-35-39-38-27-21-20-26-37(38)28-30-42(39)50/h17-21,24-28,30,35,40-41,50H,3-16,22-23,29,31-34H2,1-2H3,(H,46,51)(H,47,52)(H,49,53)/t40-,41-/m0/s1. The van der Waals surface area contributed by atoms with Crippen molar-refractivity contribution in [3.05, 3.63) is 77.9 Å². The fourth-order valence-corrected chi connectivity index (χ4v) is 6.62. The zero-order chi connectivity index (χ0) is 37.9. The lowest BCUT2D eigenvalue weighted by Crippen LogP contribution is -2.50. The van der Waals surface area contributed by atoms with Gasteiger partial charge in [0.2, 0.25) is 17.7 Å². The predicted octanol–water partition coefficient (Wildman–Crippen LogP) is 9.35. The summed E-state index contributed by atoms with van der Waals surface area (Å²) in [6, 6.07) is 19.1. The number of rotatable bonds is 28. The highest BCUT2D eigenvalue weighted by Gasteiger charge is 2.26. The lowest BCUT2D eigenvalue weighted by atomic mass is 10.0. The van der Waals surface area contributed by atoms with E-state index < -0.39 is 18.0 Å². The number of hydrogen-bond donors (Lipinski definition) is 4. The highest BCUT2D eigenvalue weighted by Crippen LogP contribution is 2.26. The molecule has 0 saturated carbocycles. The Balaban J connectivity index is 1.65. The van der Waals surface area contributed by atoms with E-state index in [1.54, 1.807) is 12.3 Å². The lowest BCUT2D eigenvalue weighted by Gasteiger charge is -2.21. The molecule has 0 unspecified atom stereocenters. The number of amides is 3. The first-order valence-electron chi connectivity index (χ1n) is 20.6. The molecule has 2 atom stereocenters. The molecule has 8 heteroatoms. The van der Waals surface area contributed by atoms with Gasteiger partial charge in [-0.2, -0.15) is 0 Å². The van der Waals surface area contributed by atoms with Crippen LogP contribution in [0.1, 0.15) is 141 Å². The Kier molecular flexibility index (Phi) is 21.6. The highest BCUT2D eigenvalue weighted by atomic mass is 16.3. The molecule has 3 aromatic carbocycles. The molecule has 3 aromatic rings. The Bertz CT molecular complexity index is 1510. The lowest BCUT2D eigenvalue weighted by molar-refractivity contribution is -0.130. The van der Waals surface area contributed by atoms with Crippen LogP contribution < -0.4 is 16.0 Å². The number of phenolic OH excluding ortho intramolecular Hbond substituents is 1. The Hall–Kier alpha value is -4.20. The van der Waals surface area contributed by atoms with Gasteiger partial charge in [0.1, 0.15) is 17.8 Å². The summed E-state index contributed by atoms with van der Waals surface area (Å²) in [5.74, 6) is -0.737. The van der Waals surface area contributed by atoms with Crippen LogP contribution >= 0.6 is 0 Å². The summed E-state index contributed by atoms with van der Waals surface area (Å²) < 4.78 is 0. The zero-order valence-corrected chi connectivity index (χ0v) is 32.6. The van der Waals surface area contributed by atoms with Crippen molar-refractivity contribution in [3.63, 3.8) is 0 Å². The Labute approximate surface area is 319 Å². The summed E-state index contributed by atoms with van der Waals surface area (Å²) in [6.07, 6.45) is 21.0. The third-order valence-electron chi connectivity index (χ3n) is 9.88. The third-order valence-corrected chi connectivity index (χ3v) is 9.88. The maximum absolute atomic E-state index is 14.0. The van der Waals surface area contributed by atoms with E-state index in [4.69, 9.17) is 4.99 Å². The molecule has 53 heavy (non-hydrogen) atoms. The Morgan fingerprint density at radius 1 is 0.660 bits per heavy atom. The average molecular weight is 727 g/mol. The molecule has 0 aliphatic rings. The van der Waals surface area contributed by atoms with Gasteiger partial charge in [-0.1, -0.05) is 164 Å². The van der Waals surface area contributed by atoms with Gasteiger partial charge < -0.3 is 21.1 Å². The molecule has 8 nitrogen and oxygen atoms in total. The van der Waals surface area contributed by atoms with E-state index in [1.807, 2.05) is 60.7 Å². The van der Waals surface area contributed by atoms with Crippen LogP contribution in [-0.2, 0) is 20.8 Å². The number of nitrogens with one attached hydrogen (secondary N) is 3. The van der Waals surface area contributed by atoms with Gasteiger partial charge in [0.25, 0.3) is 0 Å². The van der Waals surface area contributed by atoms with Crippen molar-refractivity contribution in [2.45, 2.75) is 148 Å². The van der Waals surface area contributed by atoms with E-state index >= 15 is 0 Å². The van der Waals surface area contributed by atoms with Gasteiger partial charge >= 0.3 is 0 Å². The number of benzene rings is 3. The molecule has 0 bridgehead atoms. The maximum Gasteiger partial charge on any atom is 0.245 e. The molecule has 0 spiro atoms. The normalized spacial score (nSPS) is 12.5. The molecule has 0 aliphatic heterocycles. The van der Waals surface area contributed by atoms with E-state index in [0.717, 1.165) is 48.4 Å². The van der Waals surface area contributed by atoms with E-state index in [9.17, 15) is 19.5 Å². The summed E-state index contributed by atoms with van der Waals surface area (Å²) in [5.41, 5.74) is 1.45. The minimum absolute atomic E-state index is 0.0718. The van der Waals surface area contributed by atoms with Crippen molar-refractivity contribution in [2.75, 3.05) is 13.1 Å². The number of carbonyl (C=O) groups is 3. The number of phenols is 1. The smallest absolute Gasteiger partial charge is 0.245 e. The average Bonchev–Trinajstić information content (AvgIpc) is 3.17. The van der Waals surface area contributed by atoms with Crippen LogP contribution in [0.3, 0.4) is 0 Å². The fourth-order valence-electron chi connectivity index (χ4n) is 6.62. The summed E-state index contributed by atoms with van der Waals surface area (Å²) in [7, 11) is 0. The van der Waals surface area contributed by atoms with Crippen molar-refractivity contribution in [3.8, 4) is 5.75 Å². The van der Waals surface area contributed by atoms with Gasteiger partial charge in [-0.25, -0.2) is 0 Å². The molecule has 0 aliphatic carbocycles.